The van der Waals surface area contributed by atoms with Crippen LogP contribution in [0.1, 0.15) is 11.1 Å². The highest BCUT2D eigenvalue weighted by molar-refractivity contribution is 7.71. The number of aromatic nitrogens is 2. The summed E-state index contributed by atoms with van der Waals surface area (Å²) in [6, 6.07) is 7.83. The lowest BCUT2D eigenvalue weighted by Crippen LogP contribution is -2.16. The Morgan fingerprint density at radius 1 is 1.38 bits per heavy atom. The third-order valence-corrected chi connectivity index (χ3v) is 3.95. The highest BCUT2D eigenvalue weighted by Gasteiger charge is 2.10. The minimum Gasteiger partial charge on any atom is -0.383 e. The first-order valence-corrected chi connectivity index (χ1v) is 7.23. The summed E-state index contributed by atoms with van der Waals surface area (Å²) in [4.78, 5) is 14.4. The van der Waals surface area contributed by atoms with Crippen molar-refractivity contribution in [3.05, 3.63) is 56.6 Å². The van der Waals surface area contributed by atoms with E-state index in [1.807, 2.05) is 10.6 Å². The fourth-order valence-corrected chi connectivity index (χ4v) is 2.87. The van der Waals surface area contributed by atoms with Crippen LogP contribution in [0.4, 0.5) is 0 Å². The molecule has 1 aliphatic carbocycles. The number of benzene rings is 1. The van der Waals surface area contributed by atoms with Gasteiger partial charge in [-0.15, -0.1) is 0 Å². The molecule has 0 aliphatic heterocycles. The second kappa shape index (κ2) is 5.79. The number of hydrogen-bond acceptors (Lipinski definition) is 3. The second-order valence-electron chi connectivity index (χ2n) is 4.99. The van der Waals surface area contributed by atoms with Gasteiger partial charge in [-0.2, -0.15) is 0 Å². The van der Waals surface area contributed by atoms with Crippen LogP contribution >= 0.6 is 12.2 Å². The molecule has 21 heavy (non-hydrogen) atoms. The lowest BCUT2D eigenvalue weighted by molar-refractivity contribution is 0.187. The highest BCUT2D eigenvalue weighted by atomic mass is 32.1. The predicted octanol–water partition coefficient (Wildman–Crippen LogP) is 2.79. The van der Waals surface area contributed by atoms with Crippen molar-refractivity contribution in [3.8, 4) is 11.3 Å². The van der Waals surface area contributed by atoms with Crippen LogP contribution in [0.3, 0.4) is 0 Å². The van der Waals surface area contributed by atoms with Gasteiger partial charge in [-0.3, -0.25) is 9.78 Å². The van der Waals surface area contributed by atoms with Crippen molar-refractivity contribution in [2.24, 2.45) is 0 Å². The number of H-pyrrole nitrogens is 1. The smallest absolute Gasteiger partial charge is 0.252 e. The molecular formula is C16H16N2O2S. The van der Waals surface area contributed by atoms with Crippen molar-refractivity contribution in [2.45, 2.75) is 13.0 Å². The molecule has 0 bridgehead atoms. The van der Waals surface area contributed by atoms with Gasteiger partial charge in [0.25, 0.3) is 5.56 Å². The summed E-state index contributed by atoms with van der Waals surface area (Å²) < 4.78 is 7.46. The summed E-state index contributed by atoms with van der Waals surface area (Å²) in [5, 5.41) is 0. The average molecular weight is 300 g/mol. The summed E-state index contributed by atoms with van der Waals surface area (Å²) >= 11 is 5.28. The quantitative estimate of drug-likeness (QED) is 0.883. The Labute approximate surface area is 127 Å². The number of aromatic amines is 1. The number of fused-ring (bicyclic) bond motifs is 1. The molecule has 1 N–H and O–H groups in total. The van der Waals surface area contributed by atoms with E-state index < -0.39 is 0 Å². The van der Waals surface area contributed by atoms with E-state index in [0.717, 1.165) is 17.7 Å². The third kappa shape index (κ3) is 2.75. The van der Waals surface area contributed by atoms with E-state index in [1.165, 1.54) is 11.1 Å². The number of nitrogens with zero attached hydrogens (tertiary/aromatic N) is 1. The molecule has 0 radical (unpaired) electrons. The minimum absolute atomic E-state index is 0.178. The number of methoxy groups -OCH3 is 1. The molecule has 0 unspecified atom stereocenters. The van der Waals surface area contributed by atoms with E-state index in [1.54, 1.807) is 13.2 Å². The van der Waals surface area contributed by atoms with Crippen LogP contribution in [0.5, 0.6) is 0 Å². The first-order valence-electron chi connectivity index (χ1n) is 6.82. The standard InChI is InChI=1S/C16H16N2O2S/c1-20-8-7-18-14(10-15(19)17-16(18)21)13-6-5-11-3-2-4-12(11)9-13/h2-3,5-6,9-10H,4,7-8H2,1H3,(H,17,19,21). The Bertz CT molecular complexity index is 818. The molecule has 0 spiro atoms. The molecule has 0 saturated carbocycles. The van der Waals surface area contributed by atoms with Gasteiger partial charge in [-0.05, 0) is 41.4 Å². The van der Waals surface area contributed by atoms with Crippen molar-refractivity contribution in [1.29, 1.82) is 0 Å². The van der Waals surface area contributed by atoms with Crippen LogP contribution in [0, 0.1) is 4.77 Å². The monoisotopic (exact) mass is 300 g/mol. The molecule has 5 heteroatoms. The Morgan fingerprint density at radius 2 is 2.24 bits per heavy atom. The summed E-state index contributed by atoms with van der Waals surface area (Å²) in [5.74, 6) is 0. The van der Waals surface area contributed by atoms with Gasteiger partial charge in [0, 0.05) is 19.7 Å². The van der Waals surface area contributed by atoms with Crippen LogP contribution in [-0.2, 0) is 17.7 Å². The lowest BCUT2D eigenvalue weighted by Gasteiger charge is -2.14. The fourth-order valence-electron chi connectivity index (χ4n) is 2.58. The topological polar surface area (TPSA) is 47.0 Å². The summed E-state index contributed by atoms with van der Waals surface area (Å²) in [6.07, 6.45) is 5.20. The average Bonchev–Trinajstić information content (AvgIpc) is 2.93. The van der Waals surface area contributed by atoms with Crippen LogP contribution in [0.25, 0.3) is 17.3 Å². The predicted molar refractivity (Wildman–Crippen MR) is 85.9 cm³/mol. The zero-order valence-electron chi connectivity index (χ0n) is 11.8. The maximum Gasteiger partial charge on any atom is 0.252 e. The number of nitrogens with one attached hydrogen (secondary N) is 1. The largest absolute Gasteiger partial charge is 0.383 e. The summed E-state index contributed by atoms with van der Waals surface area (Å²) in [5.41, 5.74) is 4.17. The van der Waals surface area contributed by atoms with Gasteiger partial charge in [0.05, 0.1) is 12.3 Å². The molecule has 4 nitrogen and oxygen atoms in total. The van der Waals surface area contributed by atoms with Gasteiger partial charge in [0.15, 0.2) is 4.77 Å². The molecule has 108 valence electrons. The summed E-state index contributed by atoms with van der Waals surface area (Å²) in [6.45, 7) is 1.15. The molecule has 0 atom stereocenters. The van der Waals surface area contributed by atoms with Gasteiger partial charge in [0.2, 0.25) is 0 Å². The minimum atomic E-state index is -0.178. The number of hydrogen-bond donors (Lipinski definition) is 1. The van der Waals surface area contributed by atoms with E-state index in [2.05, 4.69) is 29.3 Å². The van der Waals surface area contributed by atoms with E-state index in [0.29, 0.717) is 17.9 Å². The Morgan fingerprint density at radius 3 is 3.05 bits per heavy atom. The zero-order valence-corrected chi connectivity index (χ0v) is 12.6. The van der Waals surface area contributed by atoms with Crippen molar-refractivity contribution in [2.75, 3.05) is 13.7 Å². The van der Waals surface area contributed by atoms with E-state index >= 15 is 0 Å². The molecule has 1 aliphatic rings. The van der Waals surface area contributed by atoms with Crippen LogP contribution in [0.15, 0.2) is 35.1 Å². The Balaban J connectivity index is 2.13. The maximum atomic E-state index is 11.8. The second-order valence-corrected chi connectivity index (χ2v) is 5.38. The first-order chi connectivity index (χ1) is 10.2. The normalized spacial score (nSPS) is 12.6. The Hall–Kier alpha value is -1.98. The van der Waals surface area contributed by atoms with Gasteiger partial charge in [-0.25, -0.2) is 0 Å². The zero-order chi connectivity index (χ0) is 14.8. The van der Waals surface area contributed by atoms with Gasteiger partial charge < -0.3 is 9.30 Å². The number of ether oxygens (including phenoxy) is 1. The van der Waals surface area contributed by atoms with Crippen molar-refractivity contribution >= 4 is 18.3 Å². The van der Waals surface area contributed by atoms with Crippen LogP contribution in [-0.4, -0.2) is 23.3 Å². The fraction of sp³-hybridized carbons (Fsp3) is 0.250. The number of allylic oxidation sites excluding steroid dienone is 1. The SMILES string of the molecule is COCCn1c(-c2ccc3c(c2)CC=C3)cc(=O)[nH]c1=S. The lowest BCUT2D eigenvalue weighted by atomic mass is 10.0. The number of rotatable bonds is 4. The molecule has 0 fully saturated rings. The molecular weight excluding hydrogens is 284 g/mol. The van der Waals surface area contributed by atoms with Gasteiger partial charge >= 0.3 is 0 Å². The van der Waals surface area contributed by atoms with E-state index in [-0.39, 0.29) is 5.56 Å². The van der Waals surface area contributed by atoms with Gasteiger partial charge in [-0.1, -0.05) is 24.3 Å². The molecule has 0 amide bonds. The molecule has 1 heterocycles. The molecule has 2 aromatic rings. The van der Waals surface area contributed by atoms with Crippen molar-refractivity contribution in [3.63, 3.8) is 0 Å². The van der Waals surface area contributed by atoms with Crippen molar-refractivity contribution in [1.82, 2.24) is 9.55 Å². The molecule has 3 rings (SSSR count). The highest BCUT2D eigenvalue weighted by Crippen LogP contribution is 2.26. The van der Waals surface area contributed by atoms with Crippen LogP contribution in [0.2, 0.25) is 0 Å². The van der Waals surface area contributed by atoms with Crippen molar-refractivity contribution < 1.29 is 4.74 Å². The summed E-state index contributed by atoms with van der Waals surface area (Å²) in [7, 11) is 1.65. The molecule has 0 saturated heterocycles. The Kier molecular flexibility index (Phi) is 3.86. The maximum absolute atomic E-state index is 11.8. The van der Waals surface area contributed by atoms with E-state index in [9.17, 15) is 4.79 Å². The van der Waals surface area contributed by atoms with E-state index in [4.69, 9.17) is 17.0 Å². The first kappa shape index (κ1) is 14.0. The molecule has 1 aromatic heterocycles. The third-order valence-electron chi connectivity index (χ3n) is 3.63. The molecule has 1 aromatic carbocycles. The van der Waals surface area contributed by atoms with Gasteiger partial charge in [0.1, 0.15) is 0 Å². The van der Waals surface area contributed by atoms with Crippen LogP contribution < -0.4 is 5.56 Å².